The van der Waals surface area contributed by atoms with Crippen LogP contribution in [0, 0.1) is 0 Å². The van der Waals surface area contributed by atoms with Crippen LogP contribution in [-0.2, 0) is 15.7 Å². The van der Waals surface area contributed by atoms with Crippen molar-refractivity contribution >= 4 is 41.1 Å². The van der Waals surface area contributed by atoms with Gasteiger partial charge in [-0.05, 0) is 51.2 Å². The molecule has 0 N–H and O–H groups in total. The molecule has 0 bridgehead atoms. The van der Waals surface area contributed by atoms with Gasteiger partial charge in [0.25, 0.3) is 0 Å². The lowest BCUT2D eigenvalue weighted by Gasteiger charge is -2.32. The highest BCUT2D eigenvalue weighted by molar-refractivity contribution is 14.1. The Labute approximate surface area is 129 Å². The van der Waals surface area contributed by atoms with Crippen molar-refractivity contribution in [3.63, 3.8) is 0 Å². The summed E-state index contributed by atoms with van der Waals surface area (Å²) >= 11 is 2.37. The van der Waals surface area contributed by atoms with E-state index in [2.05, 4.69) is 71.9 Å². The summed E-state index contributed by atoms with van der Waals surface area (Å²) in [5, 5.41) is 0. The zero-order chi connectivity index (χ0) is 13.8. The second kappa shape index (κ2) is 4.36. The summed E-state index contributed by atoms with van der Waals surface area (Å²) in [6, 6.07) is 6.54. The fourth-order valence-corrected chi connectivity index (χ4v) is 3.17. The quantitative estimate of drug-likeness (QED) is 0.431. The van der Waals surface area contributed by atoms with E-state index in [9.17, 15) is 0 Å². The number of benzene rings is 1. The molecule has 19 heavy (non-hydrogen) atoms. The molecular weight excluding hydrogens is 352 g/mol. The van der Waals surface area contributed by atoms with E-state index >= 15 is 0 Å². The molecule has 1 aromatic carbocycles. The van der Waals surface area contributed by atoms with Crippen LogP contribution in [0.1, 0.15) is 33.3 Å². The molecular formula is C14H19BINO2. The number of rotatable bonds is 1. The van der Waals surface area contributed by atoms with Crippen LogP contribution in [0.5, 0.6) is 0 Å². The van der Waals surface area contributed by atoms with E-state index < -0.39 is 0 Å². The normalized spacial score (nSPS) is 23.8. The number of anilines is 1. The summed E-state index contributed by atoms with van der Waals surface area (Å²) < 4.78 is 14.5. The van der Waals surface area contributed by atoms with Crippen molar-refractivity contribution < 1.29 is 9.31 Å². The molecule has 2 heterocycles. The van der Waals surface area contributed by atoms with Crippen LogP contribution in [0.4, 0.5) is 5.69 Å². The molecule has 0 unspecified atom stereocenters. The maximum absolute atomic E-state index is 6.10. The van der Waals surface area contributed by atoms with Crippen molar-refractivity contribution in [1.29, 1.82) is 0 Å². The largest absolute Gasteiger partial charge is 0.494 e. The van der Waals surface area contributed by atoms with Gasteiger partial charge in [0.1, 0.15) is 0 Å². The van der Waals surface area contributed by atoms with Gasteiger partial charge in [-0.25, -0.2) is 0 Å². The third kappa shape index (κ3) is 2.19. The standard InChI is InChI=1S/C14H19BINO2/c1-13(2)14(3,4)19-15(18-13)11-6-5-10-7-8-17(16)12(10)9-11/h5-6,9H,7-8H2,1-4H3. The minimum Gasteiger partial charge on any atom is -0.399 e. The van der Waals surface area contributed by atoms with E-state index in [-0.39, 0.29) is 18.3 Å². The van der Waals surface area contributed by atoms with Crippen molar-refractivity contribution in [1.82, 2.24) is 0 Å². The number of nitrogens with zero attached hydrogens (tertiary/aromatic N) is 1. The monoisotopic (exact) mass is 371 g/mol. The van der Waals surface area contributed by atoms with E-state index in [1.165, 1.54) is 11.3 Å². The molecule has 5 heteroatoms. The van der Waals surface area contributed by atoms with E-state index in [0.29, 0.717) is 0 Å². The average molecular weight is 371 g/mol. The molecule has 2 aliphatic rings. The molecule has 3 nitrogen and oxygen atoms in total. The van der Waals surface area contributed by atoms with Gasteiger partial charge in [-0.3, -0.25) is 0 Å². The first-order chi connectivity index (χ1) is 8.80. The van der Waals surface area contributed by atoms with Gasteiger partial charge in [0.05, 0.1) is 34.1 Å². The molecule has 3 rings (SSSR count). The molecule has 0 atom stereocenters. The summed E-state index contributed by atoms with van der Waals surface area (Å²) in [5.74, 6) is 0. The van der Waals surface area contributed by atoms with Gasteiger partial charge in [0, 0.05) is 12.2 Å². The summed E-state index contributed by atoms with van der Waals surface area (Å²) in [7, 11) is -0.263. The molecule has 1 aromatic rings. The van der Waals surface area contributed by atoms with Gasteiger partial charge in [0.2, 0.25) is 0 Å². The molecule has 0 amide bonds. The van der Waals surface area contributed by atoms with Crippen LogP contribution in [0.3, 0.4) is 0 Å². The van der Waals surface area contributed by atoms with Gasteiger partial charge in [0.15, 0.2) is 0 Å². The van der Waals surface area contributed by atoms with E-state index in [1.807, 2.05) is 0 Å². The topological polar surface area (TPSA) is 21.7 Å². The lowest BCUT2D eigenvalue weighted by Crippen LogP contribution is -2.41. The van der Waals surface area contributed by atoms with Crippen LogP contribution in [0.2, 0.25) is 0 Å². The Balaban J connectivity index is 1.91. The Morgan fingerprint density at radius 2 is 1.79 bits per heavy atom. The van der Waals surface area contributed by atoms with E-state index in [4.69, 9.17) is 9.31 Å². The van der Waals surface area contributed by atoms with Gasteiger partial charge in [-0.1, -0.05) is 12.1 Å². The second-order valence-corrected chi connectivity index (χ2v) is 7.48. The number of hydrogen-bond acceptors (Lipinski definition) is 3. The van der Waals surface area contributed by atoms with Crippen LogP contribution in [0.25, 0.3) is 0 Å². The first kappa shape index (κ1) is 13.7. The lowest BCUT2D eigenvalue weighted by molar-refractivity contribution is 0.00578. The molecule has 1 fully saturated rings. The Kier molecular flexibility index (Phi) is 3.15. The fraction of sp³-hybridized carbons (Fsp3) is 0.571. The maximum atomic E-state index is 6.10. The third-order valence-electron chi connectivity index (χ3n) is 4.47. The Morgan fingerprint density at radius 1 is 1.16 bits per heavy atom. The van der Waals surface area contributed by atoms with Crippen LogP contribution in [-0.4, -0.2) is 24.9 Å². The molecule has 0 aliphatic carbocycles. The molecule has 0 spiro atoms. The first-order valence-corrected chi connectivity index (χ1v) is 7.68. The Bertz CT molecular complexity index is 502. The minimum atomic E-state index is -0.277. The molecule has 2 aliphatic heterocycles. The zero-order valence-corrected chi connectivity index (χ0v) is 14.0. The lowest BCUT2D eigenvalue weighted by atomic mass is 9.78. The highest BCUT2D eigenvalue weighted by atomic mass is 127. The maximum Gasteiger partial charge on any atom is 0.494 e. The van der Waals surface area contributed by atoms with Crippen molar-refractivity contribution in [3.8, 4) is 0 Å². The van der Waals surface area contributed by atoms with Crippen molar-refractivity contribution in [2.24, 2.45) is 0 Å². The van der Waals surface area contributed by atoms with Gasteiger partial charge < -0.3 is 12.4 Å². The smallest absolute Gasteiger partial charge is 0.399 e. The molecule has 0 radical (unpaired) electrons. The number of hydrogen-bond donors (Lipinski definition) is 0. The molecule has 0 saturated carbocycles. The third-order valence-corrected chi connectivity index (χ3v) is 5.48. The van der Waals surface area contributed by atoms with Crippen molar-refractivity contribution in [3.05, 3.63) is 23.8 Å². The second-order valence-electron chi connectivity index (χ2n) is 6.31. The first-order valence-electron chi connectivity index (χ1n) is 6.72. The molecule has 0 aromatic heterocycles. The number of halogens is 1. The number of fused-ring (bicyclic) bond motifs is 1. The fourth-order valence-electron chi connectivity index (χ4n) is 2.48. The van der Waals surface area contributed by atoms with Crippen molar-refractivity contribution in [2.45, 2.75) is 45.3 Å². The van der Waals surface area contributed by atoms with Gasteiger partial charge in [-0.2, -0.15) is 0 Å². The van der Waals surface area contributed by atoms with Gasteiger partial charge >= 0.3 is 7.12 Å². The van der Waals surface area contributed by atoms with Crippen LogP contribution >= 0.6 is 22.9 Å². The van der Waals surface area contributed by atoms with E-state index in [1.54, 1.807) is 0 Å². The van der Waals surface area contributed by atoms with Crippen LogP contribution in [0.15, 0.2) is 18.2 Å². The minimum absolute atomic E-state index is 0.263. The average Bonchev–Trinajstić information content (AvgIpc) is 2.78. The zero-order valence-electron chi connectivity index (χ0n) is 11.9. The van der Waals surface area contributed by atoms with Gasteiger partial charge in [-0.15, -0.1) is 0 Å². The highest BCUT2D eigenvalue weighted by Gasteiger charge is 2.51. The summed E-state index contributed by atoms with van der Waals surface area (Å²) in [5.41, 5.74) is 3.27. The predicted octanol–water partition coefficient (Wildman–Crippen LogP) is 2.70. The van der Waals surface area contributed by atoms with E-state index in [0.717, 1.165) is 18.4 Å². The summed E-state index contributed by atoms with van der Waals surface area (Å²) in [6.07, 6.45) is 1.13. The van der Waals surface area contributed by atoms with Crippen molar-refractivity contribution in [2.75, 3.05) is 9.66 Å². The Hall–Kier alpha value is -0.265. The Morgan fingerprint density at radius 3 is 2.42 bits per heavy atom. The molecule has 102 valence electrons. The summed E-state index contributed by atoms with van der Waals surface area (Å²) in [4.78, 5) is 0. The summed E-state index contributed by atoms with van der Waals surface area (Å²) in [6.45, 7) is 9.44. The van der Waals surface area contributed by atoms with Crippen LogP contribution < -0.4 is 8.58 Å². The highest BCUT2D eigenvalue weighted by Crippen LogP contribution is 2.37. The SMILES string of the molecule is CC1(C)OB(c2ccc3c(c2)N(I)CC3)OC1(C)C. The predicted molar refractivity (Wildman–Crippen MR) is 87.2 cm³/mol. The molecule has 1 saturated heterocycles.